The number of hydrogen-bond donors (Lipinski definition) is 5. The Balaban J connectivity index is 0.820. The van der Waals surface area contributed by atoms with Crippen molar-refractivity contribution in [3.63, 3.8) is 0 Å². The first-order chi connectivity index (χ1) is 36.8. The molecule has 5 fully saturated rings. The van der Waals surface area contributed by atoms with Gasteiger partial charge >= 0.3 is 13.8 Å². The van der Waals surface area contributed by atoms with E-state index in [9.17, 15) is 38.9 Å². The monoisotopic (exact) mass is 1090 g/mol. The second kappa shape index (κ2) is 26.3. The van der Waals surface area contributed by atoms with Crippen LogP contribution < -0.4 is 10.1 Å². The number of carbonyl (C=O) groups is 3. The second-order valence-corrected chi connectivity index (χ2v) is 25.4. The number of unbranched alkanes of at least 4 members (excludes halogenated alkanes) is 4. The lowest BCUT2D eigenvalue weighted by Crippen LogP contribution is -2.63. The Morgan fingerprint density at radius 2 is 1.70 bits per heavy atom. The minimum Gasteiger partial charge on any atom is -0.466 e. The van der Waals surface area contributed by atoms with E-state index in [0.29, 0.717) is 60.3 Å². The molecule has 4 saturated carbocycles. The highest BCUT2D eigenvalue weighted by Crippen LogP contribution is 2.70. The lowest BCUT2D eigenvalue weighted by molar-refractivity contribution is -0.903. The van der Waals surface area contributed by atoms with Crippen LogP contribution in [0.1, 0.15) is 146 Å². The summed E-state index contributed by atoms with van der Waals surface area (Å²) in [5.41, 5.74) is 1.11. The molecule has 1 saturated heterocycles. The number of rotatable bonds is 29. The number of ketones is 2. The van der Waals surface area contributed by atoms with Gasteiger partial charge in [0.15, 0.2) is 31.1 Å². The molecule has 5 aliphatic carbocycles. The number of hydrogen-bond acceptors (Lipinski definition) is 13. The molecular formula is C60H88N2O14P+. The van der Waals surface area contributed by atoms with Gasteiger partial charge in [0.05, 0.1) is 45.4 Å². The van der Waals surface area contributed by atoms with Crippen LogP contribution in [-0.4, -0.2) is 126 Å². The van der Waals surface area contributed by atoms with Crippen LogP contribution in [0.15, 0.2) is 72.3 Å². The van der Waals surface area contributed by atoms with E-state index in [2.05, 4.69) is 48.0 Å². The third-order valence-corrected chi connectivity index (χ3v) is 18.7. The van der Waals surface area contributed by atoms with Crippen molar-refractivity contribution < 1.29 is 71.6 Å². The van der Waals surface area contributed by atoms with Crippen LogP contribution in [0.2, 0.25) is 0 Å². The molecule has 0 radical (unpaired) electrons. The number of phosphoric ester groups is 1. The molecule has 426 valence electrons. The van der Waals surface area contributed by atoms with Gasteiger partial charge in [0.1, 0.15) is 12.3 Å². The number of aliphatic hydroxyl groups is 2. The number of carbonyl (C=O) groups excluding carboxylic acids is 3. The molecule has 5 N–H and O–H groups in total. The summed E-state index contributed by atoms with van der Waals surface area (Å²) >= 11 is 0. The number of nitrogens with zero attached hydrogens (tertiary/aromatic N) is 1. The molecule has 17 heteroatoms. The molecule has 1 unspecified atom stereocenters. The minimum atomic E-state index is -4.79. The standard InChI is InChI=1S/C60H87N2O14P/c1-58-29-28-47(63)35-46(58)25-26-48-49-36-54-60(59(49,2)37-50(64)56(48)58,76-57(75-54)43-21-11-8-12-22-43)53(66)40-72-55(67)23-17-31-62(3,4)39-45-34-44(24-27-52(45)73-41-74-77(68,69)70)51(65)38-61-30-14-5-6-15-32-71-33-16-13-20-42-18-9-7-10-19-42/h7,9-10,18-19,24,27-29,34-35,43,48-51,54,56-57,61,64-65H,5-6,8,11-17,20-23,25-26,30-33,36-41H2,1-4H3,(H-,68,69,70)/p+1/t48-,49-,50-,51?,54+,56+,57+,58-,59-,60+/m0/s1. The van der Waals surface area contributed by atoms with E-state index in [0.717, 1.165) is 115 Å². The van der Waals surface area contributed by atoms with Crippen LogP contribution in [0.25, 0.3) is 0 Å². The number of Topliss-reactive ketones (excluding diaryl/α,β-unsaturated/α-hetero) is 1. The number of aryl methyl sites for hydroxylation is 1. The fourth-order valence-corrected chi connectivity index (χ4v) is 14.6. The van der Waals surface area contributed by atoms with Crippen LogP contribution >= 0.6 is 7.82 Å². The quantitative estimate of drug-likeness (QED) is 0.0169. The molecule has 0 spiro atoms. The van der Waals surface area contributed by atoms with Gasteiger partial charge < -0.3 is 53.5 Å². The summed E-state index contributed by atoms with van der Waals surface area (Å²) < 4.78 is 47.7. The maximum Gasteiger partial charge on any atom is 0.472 e. The van der Waals surface area contributed by atoms with Crippen molar-refractivity contribution in [1.29, 1.82) is 0 Å². The first kappa shape index (κ1) is 59.5. The van der Waals surface area contributed by atoms with Gasteiger partial charge in [-0.15, -0.1) is 0 Å². The van der Waals surface area contributed by atoms with Crippen molar-refractivity contribution in [2.24, 2.45) is 34.5 Å². The van der Waals surface area contributed by atoms with Crippen LogP contribution in [0.5, 0.6) is 5.75 Å². The molecule has 16 nitrogen and oxygen atoms in total. The SMILES string of the molecule is C[C@]12C=CC(=O)C=C1CC[C@@H]1[C@@H]2[C@@H](O)C[C@@]2(C)[C@H]1C[C@H]1O[C@@H](C3CCCCC3)O[C@]12C(=O)COC(=O)CCC[N+](C)(C)Cc1cc(C(O)CNCCCCCCOCCCCc2ccccc2)ccc1OCOP(=O)(O)O. The summed E-state index contributed by atoms with van der Waals surface area (Å²) in [6.45, 7) is 6.61. The lowest BCUT2D eigenvalue weighted by atomic mass is 9.46. The van der Waals surface area contributed by atoms with Gasteiger partial charge in [0, 0.05) is 54.4 Å². The Bertz CT molecular complexity index is 2420. The van der Waals surface area contributed by atoms with E-state index in [1.54, 1.807) is 24.3 Å². The van der Waals surface area contributed by atoms with Crippen LogP contribution in [0, 0.1) is 34.5 Å². The Hall–Kier alpha value is -3.64. The average molecular weight is 1090 g/mol. The molecule has 6 aliphatic rings. The number of esters is 1. The Kier molecular flexibility index (Phi) is 20.3. The van der Waals surface area contributed by atoms with Crippen LogP contribution in [0.4, 0.5) is 0 Å². The predicted octanol–water partition coefficient (Wildman–Crippen LogP) is 8.77. The van der Waals surface area contributed by atoms with Crippen molar-refractivity contribution >= 4 is 25.4 Å². The molecule has 0 amide bonds. The molecule has 8 rings (SSSR count). The number of aliphatic hydroxyl groups excluding tert-OH is 2. The first-order valence-electron chi connectivity index (χ1n) is 28.7. The van der Waals surface area contributed by atoms with Crippen LogP contribution in [0.3, 0.4) is 0 Å². The zero-order valence-corrected chi connectivity index (χ0v) is 47.0. The average Bonchev–Trinajstić information content (AvgIpc) is 3.94. The highest BCUT2D eigenvalue weighted by atomic mass is 31.2. The number of allylic oxidation sites excluding steroid dienone is 4. The van der Waals surface area contributed by atoms with E-state index in [1.165, 1.54) is 5.56 Å². The molecule has 1 heterocycles. The lowest BCUT2D eigenvalue weighted by Gasteiger charge is -2.59. The smallest absolute Gasteiger partial charge is 0.466 e. The van der Waals surface area contributed by atoms with Gasteiger partial charge in [-0.25, -0.2) is 9.09 Å². The van der Waals surface area contributed by atoms with Crippen molar-refractivity contribution in [2.45, 2.75) is 166 Å². The summed E-state index contributed by atoms with van der Waals surface area (Å²) in [7, 11) is -0.816. The summed E-state index contributed by atoms with van der Waals surface area (Å²) in [6.07, 6.45) is 18.2. The van der Waals surface area contributed by atoms with Gasteiger partial charge in [-0.1, -0.05) is 94.0 Å². The van der Waals surface area contributed by atoms with Crippen LogP contribution in [-0.2, 0) is 55.4 Å². The maximum absolute atomic E-state index is 15.0. The maximum atomic E-state index is 15.0. The Morgan fingerprint density at radius 3 is 2.47 bits per heavy atom. The van der Waals surface area contributed by atoms with Crippen molar-refractivity contribution in [3.8, 4) is 5.75 Å². The summed E-state index contributed by atoms with van der Waals surface area (Å²) in [5.74, 6) is -0.412. The fourth-order valence-electron chi connectivity index (χ4n) is 14.4. The van der Waals surface area contributed by atoms with Gasteiger partial charge in [0.2, 0.25) is 5.78 Å². The summed E-state index contributed by atoms with van der Waals surface area (Å²) in [6, 6.07) is 15.7. The fraction of sp³-hybridized carbons (Fsp3) is 0.683. The zero-order valence-electron chi connectivity index (χ0n) is 46.1. The van der Waals surface area contributed by atoms with E-state index in [1.807, 2.05) is 32.3 Å². The van der Waals surface area contributed by atoms with E-state index < -0.39 is 68.2 Å². The van der Waals surface area contributed by atoms with E-state index in [4.69, 9.17) is 23.7 Å². The van der Waals surface area contributed by atoms with Crippen molar-refractivity contribution in [2.75, 3.05) is 60.3 Å². The Morgan fingerprint density at radius 1 is 0.948 bits per heavy atom. The van der Waals surface area contributed by atoms with Crippen molar-refractivity contribution in [1.82, 2.24) is 5.32 Å². The molecule has 77 heavy (non-hydrogen) atoms. The molecular weight excluding hydrogens is 1000 g/mol. The number of fused-ring (bicyclic) bond motifs is 7. The number of benzene rings is 2. The van der Waals surface area contributed by atoms with E-state index in [-0.39, 0.29) is 41.7 Å². The third kappa shape index (κ3) is 14.5. The molecule has 0 bridgehead atoms. The van der Waals surface area contributed by atoms with Gasteiger partial charge in [0.25, 0.3) is 0 Å². The molecule has 2 aromatic carbocycles. The highest BCUT2D eigenvalue weighted by Gasteiger charge is 2.76. The largest absolute Gasteiger partial charge is 0.472 e. The normalized spacial score (nSPS) is 29.5. The molecule has 10 atom stereocenters. The number of ether oxygens (including phenoxy) is 5. The highest BCUT2D eigenvalue weighted by molar-refractivity contribution is 7.46. The topological polar surface area (TPSA) is 217 Å². The first-order valence-corrected chi connectivity index (χ1v) is 30.3. The molecule has 0 aromatic heterocycles. The second-order valence-electron chi connectivity index (χ2n) is 24.1. The minimum absolute atomic E-state index is 0.00463. The van der Waals surface area contributed by atoms with Gasteiger partial charge in [-0.2, -0.15) is 0 Å². The summed E-state index contributed by atoms with van der Waals surface area (Å²) in [5, 5.41) is 26.8. The predicted molar refractivity (Wildman–Crippen MR) is 290 cm³/mol. The Labute approximate surface area is 456 Å². The number of nitrogens with one attached hydrogen (secondary N) is 1. The molecule has 2 aromatic rings. The zero-order chi connectivity index (χ0) is 54.9. The number of phosphoric acid groups is 1. The third-order valence-electron chi connectivity index (χ3n) is 18.3. The summed E-state index contributed by atoms with van der Waals surface area (Å²) in [4.78, 5) is 59.6. The number of quaternary nitrogens is 1. The molecule has 1 aliphatic heterocycles. The van der Waals surface area contributed by atoms with Gasteiger partial charge in [-0.05, 0) is 124 Å². The van der Waals surface area contributed by atoms with E-state index >= 15 is 0 Å². The van der Waals surface area contributed by atoms with Crippen molar-refractivity contribution in [3.05, 3.63) is 89.0 Å². The van der Waals surface area contributed by atoms with Gasteiger partial charge in [-0.3, -0.25) is 14.4 Å².